The first-order chi connectivity index (χ1) is 6.18. The van der Waals surface area contributed by atoms with Crippen LogP contribution in [0.4, 0.5) is 0 Å². The maximum atomic E-state index is 10.7. The molecular formula is C9H12O4. The molecule has 0 aliphatic carbocycles. The van der Waals surface area contributed by atoms with Crippen LogP contribution < -0.4 is 0 Å². The second-order valence-electron chi connectivity index (χ2n) is 3.37. The van der Waals surface area contributed by atoms with Crippen LogP contribution in [0.3, 0.4) is 0 Å². The van der Waals surface area contributed by atoms with E-state index in [9.17, 15) is 4.79 Å². The van der Waals surface area contributed by atoms with Crippen molar-refractivity contribution in [2.75, 3.05) is 13.2 Å². The number of carbonyl (C=O) groups is 1. The van der Waals surface area contributed by atoms with Gasteiger partial charge in [-0.05, 0) is 13.0 Å². The summed E-state index contributed by atoms with van der Waals surface area (Å²) in [7, 11) is 0. The van der Waals surface area contributed by atoms with Crippen LogP contribution >= 0.6 is 0 Å². The number of cyclic esters (lactones) is 1. The highest BCUT2D eigenvalue weighted by atomic mass is 16.7. The largest absolute Gasteiger partial charge is 0.455 e. The Kier molecular flexibility index (Phi) is 2.09. The molecule has 4 heteroatoms. The molecular weight excluding hydrogens is 172 g/mol. The second-order valence-corrected chi connectivity index (χ2v) is 3.37. The number of hydrogen-bond donors (Lipinski definition) is 0. The molecule has 0 aromatic rings. The molecule has 4 nitrogen and oxygen atoms in total. The summed E-state index contributed by atoms with van der Waals surface area (Å²) >= 11 is 0. The zero-order valence-electron chi connectivity index (χ0n) is 7.49. The molecule has 1 saturated heterocycles. The van der Waals surface area contributed by atoms with Crippen LogP contribution in [0.1, 0.15) is 13.3 Å². The highest BCUT2D eigenvalue weighted by molar-refractivity contribution is 5.84. The van der Waals surface area contributed by atoms with Crippen molar-refractivity contribution in [1.82, 2.24) is 0 Å². The number of ether oxygens (including phenoxy) is 3. The van der Waals surface area contributed by atoms with E-state index in [1.165, 1.54) is 6.08 Å². The van der Waals surface area contributed by atoms with Gasteiger partial charge in [-0.25, -0.2) is 4.79 Å². The monoisotopic (exact) mass is 184 g/mol. The first kappa shape index (κ1) is 8.72. The van der Waals surface area contributed by atoms with Gasteiger partial charge < -0.3 is 14.2 Å². The fourth-order valence-corrected chi connectivity index (χ4v) is 1.56. The molecule has 0 aromatic heterocycles. The Morgan fingerprint density at radius 2 is 2.23 bits per heavy atom. The minimum absolute atomic E-state index is 0.199. The fourth-order valence-electron chi connectivity index (χ4n) is 1.56. The molecule has 0 N–H and O–H groups in total. The van der Waals surface area contributed by atoms with E-state index in [2.05, 4.69) is 0 Å². The van der Waals surface area contributed by atoms with Crippen molar-refractivity contribution in [3.8, 4) is 0 Å². The lowest BCUT2D eigenvalue weighted by Gasteiger charge is -2.24. The minimum Gasteiger partial charge on any atom is -0.455 e. The molecule has 2 aliphatic rings. The summed E-state index contributed by atoms with van der Waals surface area (Å²) in [6.45, 7) is 3.09. The van der Waals surface area contributed by atoms with Gasteiger partial charge >= 0.3 is 5.97 Å². The van der Waals surface area contributed by atoms with E-state index in [0.29, 0.717) is 19.6 Å². The molecule has 0 saturated carbocycles. The van der Waals surface area contributed by atoms with E-state index >= 15 is 0 Å². The Labute approximate surface area is 76.5 Å². The zero-order valence-corrected chi connectivity index (χ0v) is 7.49. The van der Waals surface area contributed by atoms with E-state index in [-0.39, 0.29) is 12.1 Å². The lowest BCUT2D eigenvalue weighted by molar-refractivity contribution is -0.166. The predicted octanol–water partition coefficient (Wildman–Crippen LogP) is 0.621. The third-order valence-electron chi connectivity index (χ3n) is 2.18. The molecule has 0 bridgehead atoms. The van der Waals surface area contributed by atoms with Gasteiger partial charge in [-0.1, -0.05) is 0 Å². The van der Waals surface area contributed by atoms with Crippen LogP contribution in [-0.2, 0) is 19.0 Å². The second kappa shape index (κ2) is 3.12. The maximum absolute atomic E-state index is 10.7. The molecule has 2 aliphatic heterocycles. The lowest BCUT2D eigenvalue weighted by atomic mass is 10.1. The van der Waals surface area contributed by atoms with E-state index < -0.39 is 5.79 Å². The molecule has 72 valence electrons. The summed E-state index contributed by atoms with van der Waals surface area (Å²) in [5, 5.41) is 0. The van der Waals surface area contributed by atoms with Gasteiger partial charge in [-0.2, -0.15) is 0 Å². The van der Waals surface area contributed by atoms with Crippen LogP contribution in [-0.4, -0.2) is 31.1 Å². The third kappa shape index (κ3) is 1.89. The van der Waals surface area contributed by atoms with Crippen LogP contribution in [0.25, 0.3) is 0 Å². The highest BCUT2D eigenvalue weighted by Gasteiger charge is 2.35. The SMILES string of the molecule is CC1(CC2C=CC(=O)O2)OCCO1. The van der Waals surface area contributed by atoms with Crippen LogP contribution in [0, 0.1) is 0 Å². The maximum Gasteiger partial charge on any atom is 0.331 e. The minimum atomic E-state index is -0.584. The number of rotatable bonds is 2. The van der Waals surface area contributed by atoms with Crippen LogP contribution in [0.15, 0.2) is 12.2 Å². The van der Waals surface area contributed by atoms with E-state index in [1.54, 1.807) is 6.08 Å². The molecule has 2 heterocycles. The highest BCUT2D eigenvalue weighted by Crippen LogP contribution is 2.27. The van der Waals surface area contributed by atoms with E-state index in [0.717, 1.165) is 0 Å². The lowest BCUT2D eigenvalue weighted by Crippen LogP contribution is -2.30. The molecule has 0 spiro atoms. The quantitative estimate of drug-likeness (QED) is 0.590. The summed E-state index contributed by atoms with van der Waals surface area (Å²) in [6, 6.07) is 0. The van der Waals surface area contributed by atoms with E-state index in [1.807, 2.05) is 6.92 Å². The summed E-state index contributed by atoms with van der Waals surface area (Å²) in [5.41, 5.74) is 0. The van der Waals surface area contributed by atoms with Crippen LogP contribution in [0.2, 0.25) is 0 Å². The molecule has 0 radical (unpaired) electrons. The number of hydrogen-bond acceptors (Lipinski definition) is 4. The molecule has 0 amide bonds. The van der Waals surface area contributed by atoms with Gasteiger partial charge in [-0.15, -0.1) is 0 Å². The average Bonchev–Trinajstić information content (AvgIpc) is 2.62. The Morgan fingerprint density at radius 3 is 2.77 bits per heavy atom. The van der Waals surface area contributed by atoms with Gasteiger partial charge in [0.25, 0.3) is 0 Å². The first-order valence-corrected chi connectivity index (χ1v) is 4.35. The Balaban J connectivity index is 1.90. The molecule has 1 unspecified atom stereocenters. The Hall–Kier alpha value is -0.870. The summed E-state index contributed by atoms with van der Waals surface area (Å²) in [5.74, 6) is -0.869. The fraction of sp³-hybridized carbons (Fsp3) is 0.667. The third-order valence-corrected chi connectivity index (χ3v) is 2.18. The normalized spacial score (nSPS) is 30.8. The van der Waals surface area contributed by atoms with Crippen molar-refractivity contribution in [1.29, 1.82) is 0 Å². The molecule has 13 heavy (non-hydrogen) atoms. The smallest absolute Gasteiger partial charge is 0.331 e. The van der Waals surface area contributed by atoms with Gasteiger partial charge in [0.15, 0.2) is 5.79 Å². The standard InChI is InChI=1S/C9H12O4/c1-9(11-4-5-12-9)6-7-2-3-8(10)13-7/h2-3,7H,4-6H2,1H3. The molecule has 2 rings (SSSR count). The Bertz CT molecular complexity index is 240. The van der Waals surface area contributed by atoms with Crippen molar-refractivity contribution in [2.24, 2.45) is 0 Å². The van der Waals surface area contributed by atoms with Gasteiger partial charge in [0.05, 0.1) is 13.2 Å². The molecule has 1 atom stereocenters. The van der Waals surface area contributed by atoms with Crippen molar-refractivity contribution < 1.29 is 19.0 Å². The van der Waals surface area contributed by atoms with Gasteiger partial charge in [-0.3, -0.25) is 0 Å². The average molecular weight is 184 g/mol. The number of esters is 1. The van der Waals surface area contributed by atoms with Gasteiger partial charge in [0, 0.05) is 12.5 Å². The van der Waals surface area contributed by atoms with Crippen molar-refractivity contribution in [3.05, 3.63) is 12.2 Å². The topological polar surface area (TPSA) is 44.8 Å². The summed E-state index contributed by atoms with van der Waals surface area (Å²) in [4.78, 5) is 10.7. The summed E-state index contributed by atoms with van der Waals surface area (Å²) in [6.07, 6.45) is 3.53. The van der Waals surface area contributed by atoms with Crippen LogP contribution in [0.5, 0.6) is 0 Å². The molecule has 1 fully saturated rings. The van der Waals surface area contributed by atoms with Crippen molar-refractivity contribution in [2.45, 2.75) is 25.2 Å². The van der Waals surface area contributed by atoms with Crippen molar-refractivity contribution in [3.63, 3.8) is 0 Å². The first-order valence-electron chi connectivity index (χ1n) is 4.35. The van der Waals surface area contributed by atoms with Gasteiger partial charge in [0.1, 0.15) is 6.10 Å². The Morgan fingerprint density at radius 1 is 1.54 bits per heavy atom. The predicted molar refractivity (Wildman–Crippen MR) is 43.9 cm³/mol. The summed E-state index contributed by atoms with van der Waals surface area (Å²) < 4.78 is 15.8. The molecule has 0 aromatic carbocycles. The van der Waals surface area contributed by atoms with E-state index in [4.69, 9.17) is 14.2 Å². The van der Waals surface area contributed by atoms with Crippen molar-refractivity contribution >= 4 is 5.97 Å². The van der Waals surface area contributed by atoms with Gasteiger partial charge in [0.2, 0.25) is 0 Å². The number of carbonyl (C=O) groups excluding carboxylic acids is 1. The zero-order chi connectivity index (χ0) is 9.31.